The number of nitrogens with zero attached hydrogens (tertiary/aromatic N) is 3. The Balaban J connectivity index is 1.99. The van der Waals surface area contributed by atoms with Crippen LogP contribution in [0, 0.1) is 0 Å². The van der Waals surface area contributed by atoms with E-state index in [2.05, 4.69) is 30.9 Å². The van der Waals surface area contributed by atoms with Crippen LogP contribution in [0.25, 0.3) is 11.4 Å². The van der Waals surface area contributed by atoms with Crippen molar-refractivity contribution in [3.63, 3.8) is 0 Å². The molecule has 0 fully saturated rings. The van der Waals surface area contributed by atoms with Crippen molar-refractivity contribution in [2.24, 2.45) is 7.05 Å². The molecule has 0 amide bonds. The summed E-state index contributed by atoms with van der Waals surface area (Å²) in [5.74, 6) is 0.246. The van der Waals surface area contributed by atoms with Gasteiger partial charge in [0.2, 0.25) is 5.89 Å². The Bertz CT molecular complexity index is 985. The van der Waals surface area contributed by atoms with Gasteiger partial charge in [0.1, 0.15) is 16.7 Å². The van der Waals surface area contributed by atoms with E-state index in [-0.39, 0.29) is 11.3 Å². The van der Waals surface area contributed by atoms with Crippen molar-refractivity contribution >= 4 is 22.2 Å². The van der Waals surface area contributed by atoms with Crippen molar-refractivity contribution in [2.45, 2.75) is 49.7 Å². The summed E-state index contributed by atoms with van der Waals surface area (Å²) in [6.45, 7) is 9.69. The van der Waals surface area contributed by atoms with Gasteiger partial charge in [0.05, 0.1) is 16.3 Å². The lowest BCUT2D eigenvalue weighted by Crippen LogP contribution is -2.26. The number of benzene rings is 1. The molecule has 3 aromatic rings. The molecule has 28 heavy (non-hydrogen) atoms. The minimum atomic E-state index is -3.24. The molecule has 152 valence electrons. The molecule has 3 rings (SSSR count). The van der Waals surface area contributed by atoms with Crippen LogP contribution in [0.4, 0.5) is 0 Å². The summed E-state index contributed by atoms with van der Waals surface area (Å²) < 4.78 is 28.3. The summed E-state index contributed by atoms with van der Waals surface area (Å²) in [7, 11) is -1.39. The third-order valence-electron chi connectivity index (χ3n) is 4.78. The third-order valence-corrected chi connectivity index (χ3v) is 7.56. The van der Waals surface area contributed by atoms with E-state index in [0.717, 1.165) is 11.4 Å². The quantitative estimate of drug-likeness (QED) is 0.531. The maximum absolute atomic E-state index is 11.0. The second-order valence-corrected chi connectivity index (χ2v) is 11.4. The molecule has 0 bridgehead atoms. The van der Waals surface area contributed by atoms with Gasteiger partial charge in [-0.1, -0.05) is 32.4 Å². The Morgan fingerprint density at radius 1 is 1.07 bits per heavy atom. The van der Waals surface area contributed by atoms with Crippen molar-refractivity contribution in [2.75, 3.05) is 0 Å². The van der Waals surface area contributed by atoms with Crippen LogP contribution in [0.2, 0.25) is 5.02 Å². The van der Waals surface area contributed by atoms with Crippen LogP contribution in [0.5, 0.6) is 0 Å². The molecular formula is C20H26ClN3O3S. The van der Waals surface area contributed by atoms with E-state index in [1.54, 1.807) is 42.8 Å². The molecule has 0 aliphatic carbocycles. The molecule has 0 saturated heterocycles. The standard InChI is InChI=1S/C20H26ClN3O3S/c1-19(2,3)17-11-16(24(6)23-17)15-12-27-18(22-15)20(4,5)28(25,26)14-9-7-13(21)8-10-14/h7-12,25-26H,1-6H3. The smallest absolute Gasteiger partial charge is 0.219 e. The minimum Gasteiger partial charge on any atom is -0.446 e. The normalized spacial score (nSPS) is 13.8. The van der Waals surface area contributed by atoms with Gasteiger partial charge in [-0.2, -0.15) is 15.7 Å². The Morgan fingerprint density at radius 3 is 2.21 bits per heavy atom. The Kier molecular flexibility index (Phi) is 5.17. The Hall–Kier alpha value is -1.80. The fraction of sp³-hybridized carbons (Fsp3) is 0.400. The second kappa shape index (κ2) is 6.91. The summed E-state index contributed by atoms with van der Waals surface area (Å²) in [6, 6.07) is 8.46. The lowest BCUT2D eigenvalue weighted by molar-refractivity contribution is 0.390. The van der Waals surface area contributed by atoms with E-state index in [4.69, 9.17) is 16.0 Å². The first-order valence-electron chi connectivity index (χ1n) is 8.88. The molecule has 0 unspecified atom stereocenters. The highest BCUT2D eigenvalue weighted by atomic mass is 35.5. The van der Waals surface area contributed by atoms with Gasteiger partial charge in [-0.15, -0.1) is 0 Å². The van der Waals surface area contributed by atoms with Crippen LogP contribution in [-0.2, 0) is 17.2 Å². The third kappa shape index (κ3) is 3.59. The van der Waals surface area contributed by atoms with Gasteiger partial charge in [0.15, 0.2) is 0 Å². The van der Waals surface area contributed by atoms with Crippen molar-refractivity contribution in [3.05, 3.63) is 53.2 Å². The van der Waals surface area contributed by atoms with Crippen LogP contribution in [-0.4, -0.2) is 23.9 Å². The molecule has 0 aliphatic heterocycles. The Labute approximate surface area is 171 Å². The predicted molar refractivity (Wildman–Crippen MR) is 113 cm³/mol. The van der Waals surface area contributed by atoms with Gasteiger partial charge in [-0.25, -0.2) is 4.98 Å². The molecule has 2 N–H and O–H groups in total. The highest BCUT2D eigenvalue weighted by Gasteiger charge is 2.42. The fourth-order valence-electron chi connectivity index (χ4n) is 2.78. The molecule has 2 aromatic heterocycles. The maximum atomic E-state index is 11.0. The molecule has 8 heteroatoms. The van der Waals surface area contributed by atoms with E-state index in [9.17, 15) is 9.11 Å². The number of oxazole rings is 1. The van der Waals surface area contributed by atoms with E-state index < -0.39 is 15.3 Å². The van der Waals surface area contributed by atoms with Gasteiger partial charge in [-0.05, 0) is 44.2 Å². The zero-order chi connectivity index (χ0) is 20.9. The number of hydrogen-bond donors (Lipinski definition) is 2. The van der Waals surface area contributed by atoms with E-state index in [1.807, 2.05) is 13.1 Å². The van der Waals surface area contributed by atoms with Crippen LogP contribution in [0.1, 0.15) is 46.2 Å². The fourth-order valence-corrected chi connectivity index (χ4v) is 4.35. The largest absolute Gasteiger partial charge is 0.446 e. The van der Waals surface area contributed by atoms with E-state index >= 15 is 0 Å². The van der Waals surface area contributed by atoms with Gasteiger partial charge >= 0.3 is 0 Å². The maximum Gasteiger partial charge on any atom is 0.219 e. The Morgan fingerprint density at radius 2 is 1.68 bits per heavy atom. The van der Waals surface area contributed by atoms with Crippen molar-refractivity contribution in [1.82, 2.24) is 14.8 Å². The predicted octanol–water partition coefficient (Wildman–Crippen LogP) is 6.07. The first-order valence-corrected chi connectivity index (χ1v) is 10.8. The number of aromatic nitrogens is 3. The van der Waals surface area contributed by atoms with Crippen LogP contribution < -0.4 is 0 Å². The number of halogens is 1. The van der Waals surface area contributed by atoms with Crippen molar-refractivity contribution in [1.29, 1.82) is 0 Å². The summed E-state index contributed by atoms with van der Waals surface area (Å²) in [4.78, 5) is 4.95. The number of aryl methyl sites for hydroxylation is 1. The van der Waals surface area contributed by atoms with Gasteiger partial charge in [0.25, 0.3) is 0 Å². The molecule has 0 atom stereocenters. The summed E-state index contributed by atoms with van der Waals surface area (Å²) in [5.41, 5.74) is 2.25. The minimum absolute atomic E-state index is 0.0913. The average molecular weight is 424 g/mol. The highest BCUT2D eigenvalue weighted by molar-refractivity contribution is 8.25. The summed E-state index contributed by atoms with van der Waals surface area (Å²) in [5, 5.41) is 5.09. The van der Waals surface area contributed by atoms with Gasteiger partial charge < -0.3 is 4.42 Å². The first-order chi connectivity index (χ1) is 12.8. The molecule has 0 saturated carbocycles. The SMILES string of the molecule is Cn1nc(C(C)(C)C)cc1-c1coc(C(C)(C)S(O)(O)c2ccc(Cl)cc2)n1. The highest BCUT2D eigenvalue weighted by Crippen LogP contribution is 2.63. The molecule has 6 nitrogen and oxygen atoms in total. The van der Waals surface area contributed by atoms with Crippen LogP contribution >= 0.6 is 22.2 Å². The number of hydrogen-bond acceptors (Lipinski definition) is 5. The molecular weight excluding hydrogens is 398 g/mol. The zero-order valence-electron chi connectivity index (χ0n) is 16.9. The lowest BCUT2D eigenvalue weighted by Gasteiger charge is -2.44. The lowest BCUT2D eigenvalue weighted by atomic mass is 9.92. The summed E-state index contributed by atoms with van der Waals surface area (Å²) in [6.07, 6.45) is 1.53. The zero-order valence-corrected chi connectivity index (χ0v) is 18.5. The van der Waals surface area contributed by atoms with Gasteiger partial charge in [0, 0.05) is 17.5 Å². The van der Waals surface area contributed by atoms with Crippen LogP contribution in [0.3, 0.4) is 0 Å². The summed E-state index contributed by atoms with van der Waals surface area (Å²) >= 11 is 5.92. The molecule has 0 spiro atoms. The molecule has 0 radical (unpaired) electrons. The van der Waals surface area contributed by atoms with Crippen LogP contribution in [0.15, 0.2) is 45.9 Å². The molecule has 0 aliphatic rings. The monoisotopic (exact) mass is 423 g/mol. The topological polar surface area (TPSA) is 84.3 Å². The van der Waals surface area contributed by atoms with E-state index in [1.165, 1.54) is 6.26 Å². The molecule has 2 heterocycles. The second-order valence-electron chi connectivity index (χ2n) is 8.34. The van der Waals surface area contributed by atoms with Crippen molar-refractivity contribution < 1.29 is 13.5 Å². The van der Waals surface area contributed by atoms with E-state index in [0.29, 0.717) is 15.6 Å². The number of rotatable bonds is 4. The molecule has 1 aromatic carbocycles. The average Bonchev–Trinajstić information content (AvgIpc) is 3.21. The first kappa shape index (κ1) is 20.9. The van der Waals surface area contributed by atoms with Crippen molar-refractivity contribution in [3.8, 4) is 11.4 Å². The van der Waals surface area contributed by atoms with Gasteiger partial charge in [-0.3, -0.25) is 13.8 Å².